The number of esters is 1. The van der Waals surface area contributed by atoms with Gasteiger partial charge in [0, 0.05) is 12.3 Å². The van der Waals surface area contributed by atoms with Crippen LogP contribution in [0.5, 0.6) is 5.75 Å². The number of aliphatic hydroxyl groups excluding tert-OH is 1. The number of nitrogens with zero attached hydrogens (tertiary/aromatic N) is 1. The van der Waals surface area contributed by atoms with E-state index in [0.717, 1.165) is 30.2 Å². The molecule has 12 nitrogen and oxygen atoms in total. The maximum atomic E-state index is 15.5. The van der Waals surface area contributed by atoms with Gasteiger partial charge < -0.3 is 19.1 Å². The Labute approximate surface area is 212 Å². The predicted molar refractivity (Wildman–Crippen MR) is 130 cm³/mol. The number of aromatic nitrogens is 2. The third kappa shape index (κ3) is 7.14. The molecule has 1 fully saturated rings. The summed E-state index contributed by atoms with van der Waals surface area (Å²) in [6, 6.07) is 7.91. The molecule has 2 aromatic rings. The van der Waals surface area contributed by atoms with Gasteiger partial charge in [-0.2, -0.15) is 5.09 Å². The summed E-state index contributed by atoms with van der Waals surface area (Å²) >= 11 is 0. The van der Waals surface area contributed by atoms with Crippen LogP contribution in [0.3, 0.4) is 0 Å². The fourth-order valence-corrected chi connectivity index (χ4v) is 5.08. The van der Waals surface area contributed by atoms with Crippen LogP contribution in [-0.4, -0.2) is 57.8 Å². The maximum absolute atomic E-state index is 15.5. The molecule has 2 heterocycles. The number of hydrogen-bond donors (Lipinski definition) is 3. The molecule has 1 unspecified atom stereocenters. The van der Waals surface area contributed by atoms with Crippen LogP contribution >= 0.6 is 7.75 Å². The van der Waals surface area contributed by atoms with Gasteiger partial charge in [-0.05, 0) is 32.4 Å². The SMILES string of the molecule is CCCCOC(=O)[C@@H](C)NP(=O)(OC[C@H]1O[C@@H](n2ccc(=O)[nH]c2=O)[C@](C)(F)[C@@H]1O)Oc1ccccc1. The molecule has 1 aromatic heterocycles. The summed E-state index contributed by atoms with van der Waals surface area (Å²) in [6.45, 7) is 3.92. The highest BCUT2D eigenvalue weighted by Gasteiger charge is 2.55. The number of ether oxygens (including phenoxy) is 2. The summed E-state index contributed by atoms with van der Waals surface area (Å²) in [6.07, 6.45) is -2.30. The van der Waals surface area contributed by atoms with E-state index in [0.29, 0.717) is 6.42 Å². The average Bonchev–Trinajstić information content (AvgIpc) is 3.07. The van der Waals surface area contributed by atoms with Crippen molar-refractivity contribution in [3.05, 3.63) is 63.4 Å². The Kier molecular flexibility index (Phi) is 9.43. The largest absolute Gasteiger partial charge is 0.465 e. The van der Waals surface area contributed by atoms with Crippen LogP contribution in [0.15, 0.2) is 52.2 Å². The summed E-state index contributed by atoms with van der Waals surface area (Å²) in [5.74, 6) is -0.522. The van der Waals surface area contributed by atoms with Crippen molar-refractivity contribution in [1.29, 1.82) is 0 Å². The first kappa shape index (κ1) is 28.7. The highest BCUT2D eigenvalue weighted by Crippen LogP contribution is 2.47. The van der Waals surface area contributed by atoms with Crippen LogP contribution in [0.1, 0.15) is 39.8 Å². The number of nitrogens with one attached hydrogen (secondary N) is 2. The number of unbranched alkanes of at least 4 members (excludes halogenated alkanes) is 1. The highest BCUT2D eigenvalue weighted by molar-refractivity contribution is 7.52. The number of carbonyl (C=O) groups excluding carboxylic acids is 1. The lowest BCUT2D eigenvalue weighted by molar-refractivity contribution is -0.145. The van der Waals surface area contributed by atoms with E-state index in [9.17, 15) is 24.1 Å². The molecule has 204 valence electrons. The normalized spacial score (nSPS) is 25.8. The monoisotopic (exact) mass is 543 g/mol. The lowest BCUT2D eigenvalue weighted by Gasteiger charge is -2.25. The number of halogens is 1. The quantitative estimate of drug-likeness (QED) is 0.206. The predicted octanol–water partition coefficient (Wildman–Crippen LogP) is 2.05. The smallest absolute Gasteiger partial charge is 0.459 e. The Balaban J connectivity index is 1.77. The molecule has 1 aliphatic heterocycles. The van der Waals surface area contributed by atoms with Crippen molar-refractivity contribution >= 4 is 13.7 Å². The van der Waals surface area contributed by atoms with Crippen molar-refractivity contribution in [2.75, 3.05) is 13.2 Å². The van der Waals surface area contributed by atoms with Gasteiger partial charge in [0.25, 0.3) is 5.56 Å². The summed E-state index contributed by atoms with van der Waals surface area (Å²) in [7, 11) is -4.30. The fourth-order valence-electron chi connectivity index (χ4n) is 3.58. The van der Waals surface area contributed by atoms with Gasteiger partial charge in [-0.15, -0.1) is 0 Å². The molecule has 0 amide bonds. The van der Waals surface area contributed by atoms with Crippen LogP contribution in [0.2, 0.25) is 0 Å². The molecule has 0 saturated carbocycles. The Hall–Kier alpha value is -2.83. The molecule has 0 bridgehead atoms. The van der Waals surface area contributed by atoms with Crippen molar-refractivity contribution in [1.82, 2.24) is 14.6 Å². The van der Waals surface area contributed by atoms with E-state index >= 15 is 4.39 Å². The average molecular weight is 543 g/mol. The number of rotatable bonds is 12. The summed E-state index contributed by atoms with van der Waals surface area (Å²) in [5.41, 5.74) is -4.11. The Morgan fingerprint density at radius 3 is 2.68 bits per heavy atom. The summed E-state index contributed by atoms with van der Waals surface area (Å²) < 4.78 is 51.6. The van der Waals surface area contributed by atoms with Gasteiger partial charge in [0.2, 0.25) is 0 Å². The van der Waals surface area contributed by atoms with Gasteiger partial charge in [-0.25, -0.2) is 13.8 Å². The number of hydrogen-bond acceptors (Lipinski definition) is 9. The topological polar surface area (TPSA) is 158 Å². The zero-order valence-electron chi connectivity index (χ0n) is 20.7. The van der Waals surface area contributed by atoms with Crippen molar-refractivity contribution in [3.63, 3.8) is 0 Å². The minimum absolute atomic E-state index is 0.158. The van der Waals surface area contributed by atoms with Gasteiger partial charge in [-0.3, -0.25) is 23.7 Å². The van der Waals surface area contributed by atoms with Crippen molar-refractivity contribution in [2.24, 2.45) is 0 Å². The molecule has 6 atom stereocenters. The second-order valence-corrected chi connectivity index (χ2v) is 10.4. The first-order valence-corrected chi connectivity index (χ1v) is 13.3. The number of para-hydroxylation sites is 1. The fraction of sp³-hybridized carbons (Fsp3) is 0.522. The Bertz CT molecular complexity index is 1220. The second kappa shape index (κ2) is 12.1. The van der Waals surface area contributed by atoms with Gasteiger partial charge in [0.05, 0.1) is 13.2 Å². The molecule has 3 rings (SSSR count). The molecule has 1 aromatic carbocycles. The lowest BCUT2D eigenvalue weighted by atomic mass is 9.98. The third-order valence-corrected chi connectivity index (χ3v) is 7.29. The van der Waals surface area contributed by atoms with E-state index in [1.807, 2.05) is 11.9 Å². The number of benzene rings is 1. The Morgan fingerprint density at radius 1 is 1.32 bits per heavy atom. The summed E-state index contributed by atoms with van der Waals surface area (Å²) in [5, 5.41) is 13.1. The van der Waals surface area contributed by atoms with E-state index in [2.05, 4.69) is 5.09 Å². The van der Waals surface area contributed by atoms with E-state index in [-0.39, 0.29) is 12.4 Å². The minimum atomic E-state index is -4.30. The molecule has 1 saturated heterocycles. The van der Waals surface area contributed by atoms with Gasteiger partial charge in [0.15, 0.2) is 11.9 Å². The minimum Gasteiger partial charge on any atom is -0.465 e. The first-order valence-electron chi connectivity index (χ1n) is 11.7. The maximum Gasteiger partial charge on any atom is 0.459 e. The standard InChI is InChI=1S/C23H31FN3O9P/c1-4-5-13-33-20(30)15(2)26-37(32,36-16-9-7-6-8-10-16)34-14-17-19(29)23(3,24)21(35-17)27-12-11-18(28)25-22(27)31/h6-12,15,17,19,21,29H,4-5,13-14H2,1-3H3,(H,26,32)(H,25,28,31)/t15-,17-,19-,21-,23-,37?/m1/s1. The van der Waals surface area contributed by atoms with Gasteiger partial charge in [-0.1, -0.05) is 31.5 Å². The van der Waals surface area contributed by atoms with Crippen LogP contribution in [0.25, 0.3) is 0 Å². The number of H-pyrrole nitrogens is 1. The van der Waals surface area contributed by atoms with Crippen LogP contribution in [0, 0.1) is 0 Å². The zero-order valence-corrected chi connectivity index (χ0v) is 21.6. The summed E-state index contributed by atoms with van der Waals surface area (Å²) in [4.78, 5) is 37.8. The van der Waals surface area contributed by atoms with Crippen molar-refractivity contribution in [3.8, 4) is 5.75 Å². The third-order valence-electron chi connectivity index (χ3n) is 5.65. The van der Waals surface area contributed by atoms with E-state index < -0.39 is 61.7 Å². The second-order valence-electron chi connectivity index (χ2n) is 8.71. The van der Waals surface area contributed by atoms with Crippen LogP contribution in [0.4, 0.5) is 4.39 Å². The first-order chi connectivity index (χ1) is 17.5. The molecule has 0 spiro atoms. The number of alkyl halides is 1. The highest BCUT2D eigenvalue weighted by atomic mass is 31.2. The number of aromatic amines is 1. The molecule has 14 heteroatoms. The molecule has 3 N–H and O–H groups in total. The molecule has 1 aliphatic rings. The van der Waals surface area contributed by atoms with Crippen LogP contribution in [-0.2, 0) is 23.4 Å². The van der Waals surface area contributed by atoms with E-state index in [4.69, 9.17) is 18.5 Å². The number of aliphatic hydroxyl groups is 1. The van der Waals surface area contributed by atoms with Crippen molar-refractivity contribution < 1.29 is 37.4 Å². The van der Waals surface area contributed by atoms with Gasteiger partial charge >= 0.3 is 19.4 Å². The number of carbonyl (C=O) groups is 1. The molecule has 0 aliphatic carbocycles. The molecular weight excluding hydrogens is 512 g/mol. The lowest BCUT2D eigenvalue weighted by Crippen LogP contribution is -2.43. The van der Waals surface area contributed by atoms with Gasteiger partial charge in [0.1, 0.15) is 24.0 Å². The Morgan fingerprint density at radius 2 is 2.03 bits per heavy atom. The van der Waals surface area contributed by atoms with Crippen molar-refractivity contribution in [2.45, 2.75) is 63.8 Å². The zero-order chi connectivity index (χ0) is 27.2. The molecular formula is C23H31FN3O9P. The molecule has 37 heavy (non-hydrogen) atoms. The molecule has 0 radical (unpaired) electrons. The van der Waals surface area contributed by atoms with E-state index in [1.165, 1.54) is 19.1 Å². The van der Waals surface area contributed by atoms with Crippen LogP contribution < -0.4 is 20.9 Å². The van der Waals surface area contributed by atoms with E-state index in [1.54, 1.807) is 18.2 Å².